The van der Waals surface area contributed by atoms with E-state index in [4.69, 9.17) is 11.6 Å². The van der Waals surface area contributed by atoms with Crippen LogP contribution in [0, 0.1) is 0 Å². The fourth-order valence-electron chi connectivity index (χ4n) is 2.02. The summed E-state index contributed by atoms with van der Waals surface area (Å²) in [6.07, 6.45) is 4.09. The van der Waals surface area contributed by atoms with Gasteiger partial charge in [0.25, 0.3) is 0 Å². The van der Waals surface area contributed by atoms with Gasteiger partial charge in [-0.1, -0.05) is 25.4 Å². The lowest BCUT2D eigenvalue weighted by atomic mass is 9.93. The van der Waals surface area contributed by atoms with Gasteiger partial charge in [0.15, 0.2) is 0 Å². The number of benzene rings is 1. The molecule has 0 atom stereocenters. The van der Waals surface area contributed by atoms with E-state index in [1.54, 1.807) is 0 Å². The van der Waals surface area contributed by atoms with Crippen molar-refractivity contribution < 1.29 is 0 Å². The van der Waals surface area contributed by atoms with E-state index in [1.807, 2.05) is 12.3 Å². The second-order valence-corrected chi connectivity index (χ2v) is 4.25. The molecule has 0 saturated heterocycles. The molecule has 0 aliphatic rings. The van der Waals surface area contributed by atoms with Gasteiger partial charge in [-0.3, -0.25) is 5.10 Å². The Hall–Kier alpha value is -1.02. The average Bonchev–Trinajstić information content (AvgIpc) is 2.67. The van der Waals surface area contributed by atoms with Gasteiger partial charge >= 0.3 is 0 Å². The van der Waals surface area contributed by atoms with E-state index >= 15 is 0 Å². The normalized spacial score (nSPS) is 11.5. The summed E-state index contributed by atoms with van der Waals surface area (Å²) >= 11 is 6.26. The van der Waals surface area contributed by atoms with E-state index < -0.39 is 0 Å². The summed E-state index contributed by atoms with van der Waals surface area (Å²) in [5.74, 6) is 0.553. The number of halogens is 1. The van der Waals surface area contributed by atoms with Gasteiger partial charge in [0.2, 0.25) is 0 Å². The van der Waals surface area contributed by atoms with Crippen LogP contribution in [0.4, 0.5) is 0 Å². The maximum atomic E-state index is 6.26. The molecule has 0 radical (unpaired) electrons. The molecule has 0 fully saturated rings. The molecule has 1 aromatic carbocycles. The zero-order valence-corrected chi connectivity index (χ0v) is 9.80. The number of rotatable bonds is 3. The van der Waals surface area contributed by atoms with Gasteiger partial charge in [-0.25, -0.2) is 0 Å². The van der Waals surface area contributed by atoms with Gasteiger partial charge in [-0.15, -0.1) is 0 Å². The Morgan fingerprint density at radius 1 is 1.33 bits per heavy atom. The molecule has 0 saturated carbocycles. The Labute approximate surface area is 94.6 Å². The molecule has 2 aromatic rings. The number of aromatic nitrogens is 2. The molecule has 0 amide bonds. The highest BCUT2D eigenvalue weighted by Gasteiger charge is 2.12. The van der Waals surface area contributed by atoms with E-state index in [-0.39, 0.29) is 0 Å². The van der Waals surface area contributed by atoms with Crippen molar-refractivity contribution in [1.82, 2.24) is 10.2 Å². The Morgan fingerprint density at radius 3 is 2.73 bits per heavy atom. The Kier molecular flexibility index (Phi) is 2.96. The lowest BCUT2D eigenvalue weighted by Gasteiger charge is -2.14. The first-order valence-electron chi connectivity index (χ1n) is 5.38. The highest BCUT2D eigenvalue weighted by Crippen LogP contribution is 2.32. The van der Waals surface area contributed by atoms with Crippen molar-refractivity contribution in [2.75, 3.05) is 0 Å². The summed E-state index contributed by atoms with van der Waals surface area (Å²) in [7, 11) is 0. The van der Waals surface area contributed by atoms with Gasteiger partial charge in [-0.05, 0) is 36.5 Å². The number of H-pyrrole nitrogens is 1. The standard InChI is InChI=1S/C12H15ClN2/c1-3-8(4-2)10-5-9-7-14-15-12(9)6-11(10)13/h5-8H,3-4H2,1-2H3,(H,14,15). The van der Waals surface area contributed by atoms with Crippen LogP contribution in [0.3, 0.4) is 0 Å². The molecular weight excluding hydrogens is 208 g/mol. The fraction of sp³-hybridized carbons (Fsp3) is 0.417. The summed E-state index contributed by atoms with van der Waals surface area (Å²) in [5, 5.41) is 8.93. The van der Waals surface area contributed by atoms with Crippen LogP contribution in [0.5, 0.6) is 0 Å². The highest BCUT2D eigenvalue weighted by molar-refractivity contribution is 6.32. The van der Waals surface area contributed by atoms with Gasteiger partial charge in [0, 0.05) is 10.4 Å². The van der Waals surface area contributed by atoms with Gasteiger partial charge in [0.05, 0.1) is 11.7 Å². The van der Waals surface area contributed by atoms with Crippen LogP contribution in [0.15, 0.2) is 18.3 Å². The molecule has 0 spiro atoms. The molecule has 0 bridgehead atoms. The maximum Gasteiger partial charge on any atom is 0.0665 e. The summed E-state index contributed by atoms with van der Waals surface area (Å²) in [4.78, 5) is 0. The van der Waals surface area contributed by atoms with E-state index in [0.29, 0.717) is 5.92 Å². The van der Waals surface area contributed by atoms with Crippen LogP contribution < -0.4 is 0 Å². The molecule has 80 valence electrons. The Morgan fingerprint density at radius 2 is 2.07 bits per heavy atom. The molecule has 1 heterocycles. The first kappa shape index (κ1) is 10.5. The van der Waals surface area contributed by atoms with Crippen molar-refractivity contribution in [3.05, 3.63) is 28.9 Å². The smallest absolute Gasteiger partial charge is 0.0665 e. The topological polar surface area (TPSA) is 28.7 Å². The maximum absolute atomic E-state index is 6.26. The largest absolute Gasteiger partial charge is 0.278 e. The molecular formula is C12H15ClN2. The minimum atomic E-state index is 0.553. The Bertz CT molecular complexity index is 458. The molecule has 0 unspecified atom stereocenters. The number of nitrogens with one attached hydrogen (secondary N) is 1. The van der Waals surface area contributed by atoms with E-state index in [9.17, 15) is 0 Å². The predicted molar refractivity (Wildman–Crippen MR) is 64.4 cm³/mol. The van der Waals surface area contributed by atoms with Crippen LogP contribution in [-0.4, -0.2) is 10.2 Å². The van der Waals surface area contributed by atoms with Crippen molar-refractivity contribution in [2.24, 2.45) is 0 Å². The summed E-state index contributed by atoms with van der Waals surface area (Å²) < 4.78 is 0. The predicted octanol–water partition coefficient (Wildman–Crippen LogP) is 4.12. The van der Waals surface area contributed by atoms with Crippen LogP contribution in [0.2, 0.25) is 5.02 Å². The van der Waals surface area contributed by atoms with Crippen LogP contribution in [-0.2, 0) is 0 Å². The second-order valence-electron chi connectivity index (χ2n) is 3.84. The van der Waals surface area contributed by atoms with Gasteiger partial charge in [0.1, 0.15) is 0 Å². The van der Waals surface area contributed by atoms with E-state index in [0.717, 1.165) is 28.8 Å². The van der Waals surface area contributed by atoms with Gasteiger partial charge < -0.3 is 0 Å². The molecule has 0 aliphatic carbocycles. The molecule has 0 aliphatic heterocycles. The third-order valence-electron chi connectivity index (χ3n) is 2.98. The molecule has 15 heavy (non-hydrogen) atoms. The van der Waals surface area contributed by atoms with Crippen molar-refractivity contribution >= 4 is 22.5 Å². The lowest BCUT2D eigenvalue weighted by Crippen LogP contribution is -1.96. The third-order valence-corrected chi connectivity index (χ3v) is 3.31. The van der Waals surface area contributed by atoms with Crippen LogP contribution >= 0.6 is 11.6 Å². The van der Waals surface area contributed by atoms with Crippen molar-refractivity contribution in [3.63, 3.8) is 0 Å². The van der Waals surface area contributed by atoms with E-state index in [2.05, 4.69) is 30.1 Å². The number of fused-ring (bicyclic) bond motifs is 1. The van der Waals surface area contributed by atoms with Crippen molar-refractivity contribution in [2.45, 2.75) is 32.6 Å². The average molecular weight is 223 g/mol. The van der Waals surface area contributed by atoms with Crippen LogP contribution in [0.1, 0.15) is 38.2 Å². The van der Waals surface area contributed by atoms with Crippen molar-refractivity contribution in [3.8, 4) is 0 Å². The number of hydrogen-bond acceptors (Lipinski definition) is 1. The molecule has 1 aromatic heterocycles. The lowest BCUT2D eigenvalue weighted by molar-refractivity contribution is 0.643. The summed E-state index contributed by atoms with van der Waals surface area (Å²) in [6.45, 7) is 4.40. The minimum Gasteiger partial charge on any atom is -0.278 e. The van der Waals surface area contributed by atoms with Crippen molar-refractivity contribution in [1.29, 1.82) is 0 Å². The summed E-state index contributed by atoms with van der Waals surface area (Å²) in [5.41, 5.74) is 2.25. The zero-order valence-electron chi connectivity index (χ0n) is 9.05. The number of hydrogen-bond donors (Lipinski definition) is 1. The SMILES string of the molecule is CCC(CC)c1cc2cn[nH]c2cc1Cl. The quantitative estimate of drug-likeness (QED) is 0.832. The number of nitrogens with zero attached hydrogens (tertiary/aromatic N) is 1. The summed E-state index contributed by atoms with van der Waals surface area (Å²) in [6, 6.07) is 4.12. The zero-order chi connectivity index (χ0) is 10.8. The van der Waals surface area contributed by atoms with E-state index in [1.165, 1.54) is 5.56 Å². The van der Waals surface area contributed by atoms with Crippen LogP contribution in [0.25, 0.3) is 10.9 Å². The third kappa shape index (κ3) is 1.86. The molecule has 2 rings (SSSR count). The first-order chi connectivity index (χ1) is 7.26. The highest BCUT2D eigenvalue weighted by atomic mass is 35.5. The first-order valence-corrected chi connectivity index (χ1v) is 5.76. The monoisotopic (exact) mass is 222 g/mol. The molecule has 3 heteroatoms. The Balaban J connectivity index is 2.53. The number of aromatic amines is 1. The fourth-order valence-corrected chi connectivity index (χ4v) is 2.34. The molecule has 2 nitrogen and oxygen atoms in total. The van der Waals surface area contributed by atoms with Gasteiger partial charge in [-0.2, -0.15) is 5.10 Å². The second kappa shape index (κ2) is 4.23. The minimum absolute atomic E-state index is 0.553. The molecule has 1 N–H and O–H groups in total.